The summed E-state index contributed by atoms with van der Waals surface area (Å²) in [5.41, 5.74) is 0.539. The summed E-state index contributed by atoms with van der Waals surface area (Å²) in [5.74, 6) is -0.504. The van der Waals surface area contributed by atoms with Crippen LogP contribution in [0.3, 0.4) is 0 Å². The van der Waals surface area contributed by atoms with Gasteiger partial charge in [0.05, 0.1) is 15.7 Å². The average Bonchev–Trinajstić information content (AvgIpc) is 3.26. The van der Waals surface area contributed by atoms with E-state index in [-0.39, 0.29) is 29.2 Å². The van der Waals surface area contributed by atoms with Gasteiger partial charge in [0.2, 0.25) is 15.9 Å². The molecule has 1 atom stereocenters. The van der Waals surface area contributed by atoms with Gasteiger partial charge >= 0.3 is 0 Å². The van der Waals surface area contributed by atoms with E-state index in [4.69, 9.17) is 0 Å². The van der Waals surface area contributed by atoms with Gasteiger partial charge in [0.1, 0.15) is 0 Å². The monoisotopic (exact) mass is 435 g/mol. The van der Waals surface area contributed by atoms with Crippen molar-refractivity contribution in [1.82, 2.24) is 14.5 Å². The van der Waals surface area contributed by atoms with Crippen LogP contribution in [0, 0.1) is 5.92 Å². The van der Waals surface area contributed by atoms with Crippen molar-refractivity contribution in [2.24, 2.45) is 5.92 Å². The largest absolute Gasteiger partial charge is 0.352 e. The Bertz CT molecular complexity index is 971. The Labute approximate surface area is 175 Å². The lowest BCUT2D eigenvalue weighted by atomic mass is 9.97. The molecule has 0 spiro atoms. The van der Waals surface area contributed by atoms with Gasteiger partial charge in [-0.2, -0.15) is 0 Å². The number of rotatable bonds is 6. The van der Waals surface area contributed by atoms with Crippen LogP contribution in [0.1, 0.15) is 28.1 Å². The number of amides is 2. The van der Waals surface area contributed by atoms with E-state index in [1.165, 1.54) is 25.4 Å². The highest BCUT2D eigenvalue weighted by atomic mass is 32.2. The molecular weight excluding hydrogens is 410 g/mol. The maximum atomic E-state index is 12.7. The molecule has 1 fully saturated rings. The Morgan fingerprint density at radius 2 is 1.97 bits per heavy atom. The smallest absolute Gasteiger partial charge is 0.263 e. The molecule has 2 aromatic rings. The van der Waals surface area contributed by atoms with Gasteiger partial charge in [0, 0.05) is 33.7 Å². The van der Waals surface area contributed by atoms with Crippen LogP contribution in [-0.2, 0) is 21.4 Å². The quantitative estimate of drug-likeness (QED) is 0.753. The maximum Gasteiger partial charge on any atom is 0.263 e. The highest BCUT2D eigenvalue weighted by Crippen LogP contribution is 2.22. The fraction of sp³-hybridized carbons (Fsp3) is 0.400. The number of thiophene rings is 1. The fourth-order valence-corrected chi connectivity index (χ4v) is 5.16. The molecule has 1 aromatic carbocycles. The van der Waals surface area contributed by atoms with Gasteiger partial charge in [-0.15, -0.1) is 11.3 Å². The standard InChI is InChI=1S/C20H25N3O4S2/c1-22(2)29(26,27)18-10-4-3-7-15(18)13-21-19(24)16-8-5-11-23(14-16)20(25)17-9-6-12-28-17/h3-4,6-7,9-10,12,16H,5,8,11,13-14H2,1-2H3,(H,21,24). The number of carbonyl (C=O) groups excluding carboxylic acids is 2. The van der Waals surface area contributed by atoms with Crippen LogP contribution in [0.15, 0.2) is 46.7 Å². The number of nitrogens with zero attached hydrogens (tertiary/aromatic N) is 2. The van der Waals surface area contributed by atoms with Crippen LogP contribution in [0.25, 0.3) is 0 Å². The summed E-state index contributed by atoms with van der Waals surface area (Å²) < 4.78 is 26.2. The fourth-order valence-electron chi connectivity index (χ4n) is 3.36. The second-order valence-electron chi connectivity index (χ2n) is 7.18. The van der Waals surface area contributed by atoms with E-state index in [9.17, 15) is 18.0 Å². The molecule has 1 unspecified atom stereocenters. The van der Waals surface area contributed by atoms with Gasteiger partial charge < -0.3 is 10.2 Å². The van der Waals surface area contributed by atoms with Crippen LogP contribution in [0.4, 0.5) is 0 Å². The van der Waals surface area contributed by atoms with Crippen molar-refractivity contribution in [3.05, 3.63) is 52.2 Å². The van der Waals surface area contributed by atoms with Crippen LogP contribution in [0.2, 0.25) is 0 Å². The Morgan fingerprint density at radius 1 is 1.21 bits per heavy atom. The molecule has 0 bridgehead atoms. The van der Waals surface area contributed by atoms with Crippen LogP contribution < -0.4 is 5.32 Å². The SMILES string of the molecule is CN(C)S(=O)(=O)c1ccccc1CNC(=O)C1CCCN(C(=O)c2cccs2)C1. The van der Waals surface area contributed by atoms with Crippen LogP contribution >= 0.6 is 11.3 Å². The normalized spacial score (nSPS) is 17.3. The Balaban J connectivity index is 1.65. The summed E-state index contributed by atoms with van der Waals surface area (Å²) in [5, 5.41) is 4.72. The van der Waals surface area contributed by atoms with Gasteiger partial charge in [-0.25, -0.2) is 12.7 Å². The number of sulfonamides is 1. The van der Waals surface area contributed by atoms with Crippen LogP contribution in [0.5, 0.6) is 0 Å². The summed E-state index contributed by atoms with van der Waals surface area (Å²) in [6.07, 6.45) is 1.47. The minimum absolute atomic E-state index is 0.0417. The molecule has 1 aliphatic rings. The number of nitrogens with one attached hydrogen (secondary N) is 1. The predicted molar refractivity (Wildman–Crippen MR) is 112 cm³/mol. The third-order valence-electron chi connectivity index (χ3n) is 5.00. The topological polar surface area (TPSA) is 86.8 Å². The molecular formula is C20H25N3O4S2. The van der Waals surface area contributed by atoms with Gasteiger partial charge in [-0.1, -0.05) is 24.3 Å². The van der Waals surface area contributed by atoms with Gasteiger partial charge in [0.25, 0.3) is 5.91 Å². The van der Waals surface area contributed by atoms with E-state index in [1.807, 2.05) is 11.4 Å². The van der Waals surface area contributed by atoms with Crippen LogP contribution in [-0.4, -0.2) is 56.6 Å². The molecule has 7 nitrogen and oxygen atoms in total. The summed E-state index contributed by atoms with van der Waals surface area (Å²) in [6.45, 7) is 1.14. The van der Waals surface area contributed by atoms with E-state index in [0.29, 0.717) is 30.0 Å². The van der Waals surface area contributed by atoms with Crippen molar-refractivity contribution < 1.29 is 18.0 Å². The lowest BCUT2D eigenvalue weighted by Crippen LogP contribution is -2.45. The van der Waals surface area contributed by atoms with Crippen molar-refractivity contribution >= 4 is 33.2 Å². The maximum absolute atomic E-state index is 12.7. The lowest BCUT2D eigenvalue weighted by molar-refractivity contribution is -0.126. The highest BCUT2D eigenvalue weighted by Gasteiger charge is 2.29. The lowest BCUT2D eigenvalue weighted by Gasteiger charge is -2.31. The molecule has 0 saturated carbocycles. The minimum Gasteiger partial charge on any atom is -0.352 e. The molecule has 1 aliphatic heterocycles. The first-order valence-corrected chi connectivity index (χ1v) is 11.7. The molecule has 2 heterocycles. The van der Waals surface area contributed by atoms with E-state index >= 15 is 0 Å². The number of carbonyl (C=O) groups is 2. The first kappa shape index (κ1) is 21.5. The van der Waals surface area contributed by atoms with Gasteiger partial charge in [-0.3, -0.25) is 9.59 Å². The molecule has 3 rings (SSSR count). The average molecular weight is 436 g/mol. The molecule has 1 aromatic heterocycles. The summed E-state index contributed by atoms with van der Waals surface area (Å²) in [7, 11) is -0.639. The summed E-state index contributed by atoms with van der Waals surface area (Å²) >= 11 is 1.40. The predicted octanol–water partition coefficient (Wildman–Crippen LogP) is 2.17. The second-order valence-corrected chi connectivity index (χ2v) is 10.2. The number of hydrogen-bond donors (Lipinski definition) is 1. The van der Waals surface area contributed by atoms with Crippen molar-refractivity contribution in [2.75, 3.05) is 27.2 Å². The van der Waals surface area contributed by atoms with E-state index in [1.54, 1.807) is 35.2 Å². The molecule has 1 N–H and O–H groups in total. The molecule has 9 heteroatoms. The van der Waals surface area contributed by atoms with Gasteiger partial charge in [0.15, 0.2) is 0 Å². The second kappa shape index (κ2) is 9.06. The zero-order chi connectivity index (χ0) is 21.0. The number of benzene rings is 1. The molecule has 156 valence electrons. The summed E-state index contributed by atoms with van der Waals surface area (Å²) in [4.78, 5) is 27.9. The van der Waals surface area contributed by atoms with Crippen molar-refractivity contribution in [1.29, 1.82) is 0 Å². The highest BCUT2D eigenvalue weighted by molar-refractivity contribution is 7.89. The minimum atomic E-state index is -3.60. The molecule has 2 amide bonds. The van der Waals surface area contributed by atoms with E-state index < -0.39 is 10.0 Å². The third-order valence-corrected chi connectivity index (χ3v) is 7.77. The van der Waals surface area contributed by atoms with Crippen molar-refractivity contribution in [3.63, 3.8) is 0 Å². The number of hydrogen-bond acceptors (Lipinski definition) is 5. The number of likely N-dealkylation sites (tertiary alicyclic amines) is 1. The van der Waals surface area contributed by atoms with E-state index in [2.05, 4.69) is 5.32 Å². The number of piperidine rings is 1. The third kappa shape index (κ3) is 4.85. The van der Waals surface area contributed by atoms with E-state index in [0.717, 1.165) is 10.7 Å². The van der Waals surface area contributed by atoms with Gasteiger partial charge in [-0.05, 0) is 35.9 Å². The van der Waals surface area contributed by atoms with Crippen molar-refractivity contribution in [2.45, 2.75) is 24.3 Å². The zero-order valence-corrected chi connectivity index (χ0v) is 18.1. The van der Waals surface area contributed by atoms with Crippen molar-refractivity contribution in [3.8, 4) is 0 Å². The summed E-state index contributed by atoms with van der Waals surface area (Å²) in [6, 6.07) is 10.3. The first-order valence-electron chi connectivity index (χ1n) is 9.41. The Hall–Kier alpha value is -2.23. The Morgan fingerprint density at radius 3 is 2.66 bits per heavy atom. The first-order chi connectivity index (χ1) is 13.8. The molecule has 29 heavy (non-hydrogen) atoms. The molecule has 0 radical (unpaired) electrons. The molecule has 0 aliphatic carbocycles. The zero-order valence-electron chi connectivity index (χ0n) is 16.5. The molecule has 1 saturated heterocycles. The Kier molecular flexibility index (Phi) is 6.71.